The minimum atomic E-state index is 0.116. The minimum absolute atomic E-state index is 0.116. The smallest absolute Gasteiger partial charge is 0.220 e. The van der Waals surface area contributed by atoms with Crippen LogP contribution in [0.5, 0.6) is 5.75 Å². The first kappa shape index (κ1) is 15.7. The Balaban J connectivity index is 1.76. The molecule has 0 unspecified atom stereocenters. The molecule has 0 radical (unpaired) electrons. The van der Waals surface area contributed by atoms with Gasteiger partial charge in [0.05, 0.1) is 7.11 Å². The normalized spacial score (nSPS) is 15.7. The molecule has 3 N–H and O–H groups in total. The molecule has 0 atom stereocenters. The van der Waals surface area contributed by atoms with Crippen LogP contribution >= 0.6 is 0 Å². The zero-order valence-electron chi connectivity index (χ0n) is 12.9. The van der Waals surface area contributed by atoms with E-state index in [0.29, 0.717) is 18.7 Å². The van der Waals surface area contributed by atoms with Crippen LogP contribution < -0.4 is 15.8 Å². The molecule has 1 aliphatic carbocycles. The highest BCUT2D eigenvalue weighted by Crippen LogP contribution is 2.27. The second kappa shape index (κ2) is 7.91. The van der Waals surface area contributed by atoms with Crippen molar-refractivity contribution in [2.45, 2.75) is 51.5 Å². The fraction of sp³-hybridized carbons (Fsp3) is 0.588. The summed E-state index contributed by atoms with van der Waals surface area (Å²) in [6.45, 7) is 0.470. The van der Waals surface area contributed by atoms with Gasteiger partial charge in [0.25, 0.3) is 0 Å². The molecule has 0 bridgehead atoms. The van der Waals surface area contributed by atoms with Gasteiger partial charge < -0.3 is 15.8 Å². The van der Waals surface area contributed by atoms with Gasteiger partial charge in [-0.3, -0.25) is 4.79 Å². The Morgan fingerprint density at radius 3 is 2.81 bits per heavy atom. The van der Waals surface area contributed by atoms with Crippen molar-refractivity contribution in [3.63, 3.8) is 0 Å². The summed E-state index contributed by atoms with van der Waals surface area (Å²) in [4.78, 5) is 12.0. The summed E-state index contributed by atoms with van der Waals surface area (Å²) >= 11 is 0. The minimum Gasteiger partial charge on any atom is -0.496 e. The van der Waals surface area contributed by atoms with Crippen LogP contribution in [-0.2, 0) is 11.3 Å². The van der Waals surface area contributed by atoms with Gasteiger partial charge in [-0.1, -0.05) is 32.1 Å². The molecule has 4 heteroatoms. The number of anilines is 1. The van der Waals surface area contributed by atoms with E-state index in [1.54, 1.807) is 13.2 Å². The first-order valence-corrected chi connectivity index (χ1v) is 7.88. The van der Waals surface area contributed by atoms with Gasteiger partial charge in [-0.05, 0) is 30.5 Å². The Bertz CT molecular complexity index is 468. The molecule has 4 nitrogen and oxygen atoms in total. The number of hydrogen-bond donors (Lipinski definition) is 2. The maximum atomic E-state index is 12.0. The van der Waals surface area contributed by atoms with E-state index in [2.05, 4.69) is 5.32 Å². The number of nitrogens with two attached hydrogens (primary N) is 1. The van der Waals surface area contributed by atoms with Crippen LogP contribution in [0.4, 0.5) is 5.69 Å². The summed E-state index contributed by atoms with van der Waals surface area (Å²) < 4.78 is 5.28. The van der Waals surface area contributed by atoms with E-state index in [-0.39, 0.29) is 5.91 Å². The van der Waals surface area contributed by atoms with Crippen LogP contribution in [0.3, 0.4) is 0 Å². The summed E-state index contributed by atoms with van der Waals surface area (Å²) in [6, 6.07) is 5.48. The van der Waals surface area contributed by atoms with E-state index >= 15 is 0 Å². The number of amides is 1. The molecule has 116 valence electrons. The largest absolute Gasteiger partial charge is 0.496 e. The van der Waals surface area contributed by atoms with Gasteiger partial charge in [0.2, 0.25) is 5.91 Å². The third kappa shape index (κ3) is 4.96. The van der Waals surface area contributed by atoms with E-state index in [1.165, 1.54) is 32.1 Å². The zero-order chi connectivity index (χ0) is 15.1. The van der Waals surface area contributed by atoms with Gasteiger partial charge in [0, 0.05) is 24.2 Å². The third-order valence-electron chi connectivity index (χ3n) is 4.28. The predicted molar refractivity (Wildman–Crippen MR) is 85.1 cm³/mol. The molecule has 0 spiro atoms. The van der Waals surface area contributed by atoms with Crippen LogP contribution in [0.15, 0.2) is 18.2 Å². The van der Waals surface area contributed by atoms with Crippen molar-refractivity contribution in [1.82, 2.24) is 5.32 Å². The number of nitrogen functional groups attached to an aromatic ring is 1. The molecule has 1 aliphatic rings. The summed E-state index contributed by atoms with van der Waals surface area (Å²) in [5.41, 5.74) is 7.38. The standard InChI is InChI=1S/C17H26N2O2/c1-21-16-9-8-15(18)11-14(16)12-19-17(20)10-7-13-5-3-2-4-6-13/h8-9,11,13H,2-7,10,12,18H2,1H3,(H,19,20). The average molecular weight is 290 g/mol. The highest BCUT2D eigenvalue weighted by atomic mass is 16.5. The Morgan fingerprint density at radius 1 is 1.33 bits per heavy atom. The fourth-order valence-electron chi connectivity index (χ4n) is 3.03. The Hall–Kier alpha value is -1.71. The monoisotopic (exact) mass is 290 g/mol. The van der Waals surface area contributed by atoms with Crippen molar-refractivity contribution >= 4 is 11.6 Å². The average Bonchev–Trinajstić information content (AvgIpc) is 2.52. The highest BCUT2D eigenvalue weighted by Gasteiger charge is 2.15. The van der Waals surface area contributed by atoms with Crippen LogP contribution in [0.2, 0.25) is 0 Å². The second-order valence-electron chi connectivity index (χ2n) is 5.89. The summed E-state index contributed by atoms with van der Waals surface area (Å²) in [5.74, 6) is 1.62. The van der Waals surface area contributed by atoms with Crippen molar-refractivity contribution in [3.05, 3.63) is 23.8 Å². The van der Waals surface area contributed by atoms with Crippen molar-refractivity contribution < 1.29 is 9.53 Å². The van der Waals surface area contributed by atoms with Gasteiger partial charge in [0.15, 0.2) is 0 Å². The molecular formula is C17H26N2O2. The number of hydrogen-bond acceptors (Lipinski definition) is 3. The molecule has 0 aliphatic heterocycles. The molecule has 21 heavy (non-hydrogen) atoms. The lowest BCUT2D eigenvalue weighted by Crippen LogP contribution is -2.23. The Labute approximate surface area is 127 Å². The molecule has 0 aromatic heterocycles. The first-order chi connectivity index (χ1) is 10.2. The van der Waals surface area contributed by atoms with E-state index in [9.17, 15) is 4.79 Å². The van der Waals surface area contributed by atoms with Crippen molar-refractivity contribution in [1.29, 1.82) is 0 Å². The third-order valence-corrected chi connectivity index (χ3v) is 4.28. The van der Waals surface area contributed by atoms with Gasteiger partial charge in [-0.2, -0.15) is 0 Å². The van der Waals surface area contributed by atoms with E-state index < -0.39 is 0 Å². The lowest BCUT2D eigenvalue weighted by molar-refractivity contribution is -0.121. The maximum Gasteiger partial charge on any atom is 0.220 e. The number of rotatable bonds is 6. The Morgan fingerprint density at radius 2 is 2.10 bits per heavy atom. The van der Waals surface area contributed by atoms with Crippen LogP contribution in [0.1, 0.15) is 50.5 Å². The molecule has 1 fully saturated rings. The SMILES string of the molecule is COc1ccc(N)cc1CNC(=O)CCC1CCCCC1. The zero-order valence-corrected chi connectivity index (χ0v) is 12.9. The lowest BCUT2D eigenvalue weighted by Gasteiger charge is -2.21. The molecule has 1 aromatic rings. The quantitative estimate of drug-likeness (QED) is 0.790. The van der Waals surface area contributed by atoms with Crippen molar-refractivity contribution in [2.24, 2.45) is 5.92 Å². The van der Waals surface area contributed by atoms with Crippen LogP contribution in [-0.4, -0.2) is 13.0 Å². The molecule has 0 heterocycles. The van der Waals surface area contributed by atoms with Crippen LogP contribution in [0, 0.1) is 5.92 Å². The Kier molecular flexibility index (Phi) is 5.90. The molecule has 2 rings (SSSR count). The topological polar surface area (TPSA) is 64.3 Å². The van der Waals surface area contributed by atoms with Gasteiger partial charge >= 0.3 is 0 Å². The predicted octanol–water partition coefficient (Wildman–Crippen LogP) is 3.25. The van der Waals surface area contributed by atoms with E-state index in [1.807, 2.05) is 12.1 Å². The van der Waals surface area contributed by atoms with Gasteiger partial charge in [-0.15, -0.1) is 0 Å². The summed E-state index contributed by atoms with van der Waals surface area (Å²) in [5, 5.41) is 2.97. The van der Waals surface area contributed by atoms with E-state index in [0.717, 1.165) is 23.7 Å². The molecule has 1 amide bonds. The summed E-state index contributed by atoms with van der Waals surface area (Å²) in [6.07, 6.45) is 8.22. The number of carbonyl (C=O) groups is 1. The van der Waals surface area contributed by atoms with E-state index in [4.69, 9.17) is 10.5 Å². The van der Waals surface area contributed by atoms with Crippen molar-refractivity contribution in [2.75, 3.05) is 12.8 Å². The van der Waals surface area contributed by atoms with Crippen LogP contribution in [0.25, 0.3) is 0 Å². The highest BCUT2D eigenvalue weighted by molar-refractivity contribution is 5.76. The second-order valence-corrected chi connectivity index (χ2v) is 5.89. The van der Waals surface area contributed by atoms with Gasteiger partial charge in [0.1, 0.15) is 5.75 Å². The lowest BCUT2D eigenvalue weighted by atomic mass is 9.86. The molecule has 0 saturated heterocycles. The summed E-state index contributed by atoms with van der Waals surface area (Å²) in [7, 11) is 1.62. The first-order valence-electron chi connectivity index (χ1n) is 7.88. The number of methoxy groups -OCH3 is 1. The number of benzene rings is 1. The molecule has 1 saturated carbocycles. The number of carbonyl (C=O) groups excluding carboxylic acids is 1. The fourth-order valence-corrected chi connectivity index (χ4v) is 3.03. The van der Waals surface area contributed by atoms with Crippen molar-refractivity contribution in [3.8, 4) is 5.75 Å². The molecule has 1 aromatic carbocycles. The molecular weight excluding hydrogens is 264 g/mol. The number of ether oxygens (including phenoxy) is 1. The maximum absolute atomic E-state index is 12.0. The number of nitrogens with one attached hydrogen (secondary N) is 1. The van der Waals surface area contributed by atoms with Gasteiger partial charge in [-0.25, -0.2) is 0 Å².